The average Bonchev–Trinajstić information content (AvgIpc) is 2.68. The molecule has 2 rings (SSSR count). The predicted octanol–water partition coefficient (Wildman–Crippen LogP) is 4.27. The molecular weight excluding hydrogens is 270 g/mol. The lowest BCUT2D eigenvalue weighted by atomic mass is 9.93. The summed E-state index contributed by atoms with van der Waals surface area (Å²) >= 11 is 5.34. The third-order valence-electron chi connectivity index (χ3n) is 2.86. The maximum Gasteiger partial charge on any atom is 0.0628 e. The Labute approximate surface area is 104 Å². The van der Waals surface area contributed by atoms with Crippen LogP contribution >= 0.6 is 27.3 Å². The number of hydrogen-bond acceptors (Lipinski definition) is 2. The molecule has 0 saturated carbocycles. The first kappa shape index (κ1) is 11.4. The summed E-state index contributed by atoms with van der Waals surface area (Å²) in [5.41, 5.74) is 1.57. The molecule has 0 bridgehead atoms. The van der Waals surface area contributed by atoms with E-state index in [1.54, 1.807) is 5.57 Å². The van der Waals surface area contributed by atoms with E-state index < -0.39 is 0 Å². The first-order valence-electron chi connectivity index (χ1n) is 5.41. The van der Waals surface area contributed by atoms with Gasteiger partial charge in [-0.25, -0.2) is 0 Å². The van der Waals surface area contributed by atoms with Crippen LogP contribution in [0.2, 0.25) is 0 Å². The van der Waals surface area contributed by atoms with Gasteiger partial charge in [0, 0.05) is 14.7 Å². The zero-order valence-corrected chi connectivity index (χ0v) is 11.3. The summed E-state index contributed by atoms with van der Waals surface area (Å²) in [6, 6.07) is 2.66. The van der Waals surface area contributed by atoms with Crippen LogP contribution in [0.3, 0.4) is 0 Å². The van der Waals surface area contributed by atoms with E-state index in [2.05, 4.69) is 38.8 Å². The van der Waals surface area contributed by atoms with E-state index in [1.807, 2.05) is 18.4 Å². The van der Waals surface area contributed by atoms with Crippen LogP contribution in [0.25, 0.3) is 0 Å². The lowest BCUT2D eigenvalue weighted by molar-refractivity contribution is 0.599. The minimum Gasteiger partial charge on any atom is -0.309 e. The van der Waals surface area contributed by atoms with Crippen LogP contribution in [0.5, 0.6) is 0 Å². The minimum atomic E-state index is 0.432. The molecule has 1 atom stereocenters. The maximum absolute atomic E-state index is 3.52. The van der Waals surface area contributed by atoms with E-state index >= 15 is 0 Å². The quantitative estimate of drug-likeness (QED) is 0.818. The SMILES string of the molecule is CNC(C1=CCCCC1)c1cc(Br)cs1. The van der Waals surface area contributed by atoms with Crippen molar-refractivity contribution in [1.82, 2.24) is 5.32 Å². The first-order chi connectivity index (χ1) is 7.31. The van der Waals surface area contributed by atoms with Gasteiger partial charge in [0.15, 0.2) is 0 Å². The molecule has 15 heavy (non-hydrogen) atoms. The van der Waals surface area contributed by atoms with Crippen molar-refractivity contribution in [3.63, 3.8) is 0 Å². The Balaban J connectivity index is 2.19. The highest BCUT2D eigenvalue weighted by atomic mass is 79.9. The Morgan fingerprint density at radius 1 is 1.47 bits per heavy atom. The van der Waals surface area contributed by atoms with Crippen molar-refractivity contribution < 1.29 is 0 Å². The fraction of sp³-hybridized carbons (Fsp3) is 0.500. The Hall–Kier alpha value is -0.120. The lowest BCUT2D eigenvalue weighted by Gasteiger charge is -2.21. The van der Waals surface area contributed by atoms with Gasteiger partial charge >= 0.3 is 0 Å². The van der Waals surface area contributed by atoms with E-state index in [9.17, 15) is 0 Å². The topological polar surface area (TPSA) is 12.0 Å². The number of thiophene rings is 1. The maximum atomic E-state index is 3.52. The van der Waals surface area contributed by atoms with Crippen molar-refractivity contribution in [2.75, 3.05) is 7.05 Å². The van der Waals surface area contributed by atoms with Crippen LogP contribution in [-0.4, -0.2) is 7.05 Å². The van der Waals surface area contributed by atoms with Gasteiger partial charge in [-0.05, 0) is 54.7 Å². The van der Waals surface area contributed by atoms with Crippen LogP contribution in [0.1, 0.15) is 36.6 Å². The second-order valence-corrected chi connectivity index (χ2v) is 5.77. The fourth-order valence-corrected chi connectivity index (χ4v) is 3.71. The average molecular weight is 286 g/mol. The summed E-state index contributed by atoms with van der Waals surface area (Å²) in [6.45, 7) is 0. The Bertz CT molecular complexity index is 356. The van der Waals surface area contributed by atoms with Crippen LogP contribution in [0.15, 0.2) is 27.6 Å². The molecule has 1 aliphatic carbocycles. The Morgan fingerprint density at radius 3 is 2.87 bits per heavy atom. The van der Waals surface area contributed by atoms with Gasteiger partial charge in [0.2, 0.25) is 0 Å². The summed E-state index contributed by atoms with van der Waals surface area (Å²) in [5, 5.41) is 5.58. The molecular formula is C12H16BrNS. The minimum absolute atomic E-state index is 0.432. The lowest BCUT2D eigenvalue weighted by Crippen LogP contribution is -2.18. The largest absolute Gasteiger partial charge is 0.309 e. The molecule has 0 aliphatic heterocycles. The van der Waals surface area contributed by atoms with Crippen molar-refractivity contribution in [3.05, 3.63) is 32.4 Å². The van der Waals surface area contributed by atoms with Crippen LogP contribution in [0.4, 0.5) is 0 Å². The molecule has 1 nitrogen and oxygen atoms in total. The predicted molar refractivity (Wildman–Crippen MR) is 70.4 cm³/mol. The van der Waals surface area contributed by atoms with E-state index in [0.717, 1.165) is 0 Å². The highest BCUT2D eigenvalue weighted by molar-refractivity contribution is 9.10. The fourth-order valence-electron chi connectivity index (χ4n) is 2.12. The number of halogens is 1. The molecule has 82 valence electrons. The van der Waals surface area contributed by atoms with Gasteiger partial charge in [-0.15, -0.1) is 11.3 Å². The number of hydrogen-bond donors (Lipinski definition) is 1. The summed E-state index contributed by atoms with van der Waals surface area (Å²) in [5.74, 6) is 0. The van der Waals surface area contributed by atoms with Crippen LogP contribution in [-0.2, 0) is 0 Å². The summed E-state index contributed by atoms with van der Waals surface area (Å²) in [4.78, 5) is 1.41. The van der Waals surface area contributed by atoms with Gasteiger partial charge in [-0.1, -0.05) is 11.6 Å². The summed E-state index contributed by atoms with van der Waals surface area (Å²) < 4.78 is 1.19. The molecule has 0 amide bonds. The molecule has 0 spiro atoms. The van der Waals surface area contributed by atoms with Crippen LogP contribution < -0.4 is 5.32 Å². The number of rotatable bonds is 3. The van der Waals surface area contributed by atoms with Crippen molar-refractivity contribution >= 4 is 27.3 Å². The number of allylic oxidation sites excluding steroid dienone is 1. The highest BCUT2D eigenvalue weighted by Crippen LogP contribution is 2.34. The van der Waals surface area contributed by atoms with E-state index in [0.29, 0.717) is 6.04 Å². The van der Waals surface area contributed by atoms with Gasteiger partial charge in [-0.3, -0.25) is 0 Å². The van der Waals surface area contributed by atoms with Crippen molar-refractivity contribution in [1.29, 1.82) is 0 Å². The van der Waals surface area contributed by atoms with Crippen LogP contribution in [0, 0.1) is 0 Å². The van der Waals surface area contributed by atoms with Crippen molar-refractivity contribution in [2.24, 2.45) is 0 Å². The third-order valence-corrected chi connectivity index (χ3v) is 4.62. The van der Waals surface area contributed by atoms with E-state index in [-0.39, 0.29) is 0 Å². The van der Waals surface area contributed by atoms with Gasteiger partial charge in [-0.2, -0.15) is 0 Å². The van der Waals surface area contributed by atoms with Gasteiger partial charge in [0.25, 0.3) is 0 Å². The van der Waals surface area contributed by atoms with E-state index in [1.165, 1.54) is 35.0 Å². The monoisotopic (exact) mass is 285 g/mol. The molecule has 3 heteroatoms. The van der Waals surface area contributed by atoms with Crippen molar-refractivity contribution in [2.45, 2.75) is 31.7 Å². The van der Waals surface area contributed by atoms with Gasteiger partial charge in [0.1, 0.15) is 0 Å². The Morgan fingerprint density at radius 2 is 2.33 bits per heavy atom. The standard InChI is InChI=1S/C12H16BrNS/c1-14-12(9-5-3-2-4-6-9)11-7-10(13)8-15-11/h5,7-8,12,14H,2-4,6H2,1H3. The zero-order chi connectivity index (χ0) is 10.7. The number of likely N-dealkylation sites (N-methyl/N-ethyl adjacent to an activating group) is 1. The van der Waals surface area contributed by atoms with Gasteiger partial charge < -0.3 is 5.32 Å². The smallest absolute Gasteiger partial charge is 0.0628 e. The highest BCUT2D eigenvalue weighted by Gasteiger charge is 2.17. The molecule has 0 radical (unpaired) electrons. The zero-order valence-electron chi connectivity index (χ0n) is 8.92. The normalized spacial score (nSPS) is 18.7. The Kier molecular flexibility index (Phi) is 4.00. The first-order valence-corrected chi connectivity index (χ1v) is 7.08. The summed E-state index contributed by atoms with van der Waals surface area (Å²) in [6.07, 6.45) is 7.62. The second kappa shape index (κ2) is 5.28. The molecule has 1 unspecified atom stereocenters. The summed E-state index contributed by atoms with van der Waals surface area (Å²) in [7, 11) is 2.05. The van der Waals surface area contributed by atoms with Crippen molar-refractivity contribution in [3.8, 4) is 0 Å². The molecule has 0 saturated heterocycles. The molecule has 0 fully saturated rings. The molecule has 1 aromatic rings. The third kappa shape index (κ3) is 2.71. The second-order valence-electron chi connectivity index (χ2n) is 3.91. The molecule has 0 aromatic carbocycles. The number of nitrogens with one attached hydrogen (secondary N) is 1. The molecule has 1 N–H and O–H groups in total. The molecule has 1 aliphatic rings. The van der Waals surface area contributed by atoms with Gasteiger partial charge in [0.05, 0.1) is 6.04 Å². The van der Waals surface area contributed by atoms with E-state index in [4.69, 9.17) is 0 Å². The molecule has 1 aromatic heterocycles. The molecule has 1 heterocycles.